The van der Waals surface area contributed by atoms with Gasteiger partial charge in [-0.25, -0.2) is 4.39 Å². The zero-order valence-corrected chi connectivity index (χ0v) is 14.7. The third kappa shape index (κ3) is 5.45. The first-order valence-electron chi connectivity index (χ1n) is 7.45. The lowest BCUT2D eigenvalue weighted by molar-refractivity contribution is -0.153. The van der Waals surface area contributed by atoms with Crippen LogP contribution in [0.15, 0.2) is 53.0 Å². The van der Waals surface area contributed by atoms with E-state index in [1.165, 1.54) is 13.0 Å². The Kier molecular flexibility index (Phi) is 6.49. The number of hydrogen-bond donors (Lipinski definition) is 1. The van der Waals surface area contributed by atoms with E-state index in [9.17, 15) is 14.0 Å². The second-order valence-electron chi connectivity index (χ2n) is 5.22. The van der Waals surface area contributed by atoms with Crippen LogP contribution in [0.1, 0.15) is 18.9 Å². The fourth-order valence-electron chi connectivity index (χ4n) is 2.06. The summed E-state index contributed by atoms with van der Waals surface area (Å²) in [6.45, 7) is 1.49. The monoisotopic (exact) mass is 393 g/mol. The van der Waals surface area contributed by atoms with Crippen molar-refractivity contribution in [3.05, 3.63) is 64.4 Å². The summed E-state index contributed by atoms with van der Waals surface area (Å²) in [6.07, 6.45) is -0.696. The normalized spacial score (nSPS) is 11.6. The number of amides is 1. The van der Waals surface area contributed by atoms with Crippen LogP contribution in [-0.4, -0.2) is 18.0 Å². The molecule has 126 valence electrons. The highest BCUT2D eigenvalue weighted by atomic mass is 79.9. The number of halogens is 2. The third-order valence-electron chi connectivity index (χ3n) is 3.33. The molecule has 0 aliphatic carbocycles. The van der Waals surface area contributed by atoms with E-state index in [2.05, 4.69) is 21.2 Å². The Morgan fingerprint density at radius 3 is 2.67 bits per heavy atom. The molecule has 0 saturated heterocycles. The number of ether oxygens (including phenoxy) is 1. The molecule has 2 rings (SSSR count). The third-order valence-corrected chi connectivity index (χ3v) is 3.82. The van der Waals surface area contributed by atoms with Crippen LogP contribution in [0.4, 0.5) is 10.1 Å². The van der Waals surface area contributed by atoms with Crippen LogP contribution in [-0.2, 0) is 20.7 Å². The molecule has 0 fully saturated rings. The number of benzene rings is 2. The van der Waals surface area contributed by atoms with Crippen LogP contribution in [0, 0.1) is 5.82 Å². The molecule has 0 saturated carbocycles. The maximum atomic E-state index is 13.5. The number of esters is 1. The molecule has 0 aromatic heterocycles. The van der Waals surface area contributed by atoms with Gasteiger partial charge in [0.1, 0.15) is 5.82 Å². The number of nitrogens with one attached hydrogen (secondary N) is 1. The van der Waals surface area contributed by atoms with E-state index in [4.69, 9.17) is 4.74 Å². The van der Waals surface area contributed by atoms with E-state index in [1.54, 1.807) is 36.4 Å². The van der Waals surface area contributed by atoms with Crippen molar-refractivity contribution in [3.8, 4) is 0 Å². The average Bonchev–Trinajstić information content (AvgIpc) is 2.54. The Morgan fingerprint density at radius 2 is 1.96 bits per heavy atom. The Hall–Kier alpha value is -2.21. The van der Waals surface area contributed by atoms with Crippen molar-refractivity contribution in [1.82, 2.24) is 0 Å². The Bertz CT molecular complexity index is 736. The van der Waals surface area contributed by atoms with Gasteiger partial charge in [0.2, 0.25) is 0 Å². The van der Waals surface area contributed by atoms with Gasteiger partial charge in [-0.1, -0.05) is 40.2 Å². The van der Waals surface area contributed by atoms with Crippen LogP contribution in [0.25, 0.3) is 0 Å². The maximum absolute atomic E-state index is 13.5. The lowest BCUT2D eigenvalue weighted by Gasteiger charge is -2.13. The zero-order valence-electron chi connectivity index (χ0n) is 13.1. The van der Waals surface area contributed by atoms with Gasteiger partial charge >= 0.3 is 5.97 Å². The lowest BCUT2D eigenvalue weighted by Crippen LogP contribution is -2.30. The van der Waals surface area contributed by atoms with E-state index in [1.807, 2.05) is 6.07 Å². The van der Waals surface area contributed by atoms with Gasteiger partial charge in [-0.05, 0) is 43.2 Å². The summed E-state index contributed by atoms with van der Waals surface area (Å²) >= 11 is 3.31. The van der Waals surface area contributed by atoms with E-state index in [0.29, 0.717) is 11.3 Å². The van der Waals surface area contributed by atoms with Crippen molar-refractivity contribution >= 4 is 33.5 Å². The molecule has 0 aliphatic heterocycles. The molecule has 0 bridgehead atoms. The number of rotatable bonds is 6. The van der Waals surface area contributed by atoms with Gasteiger partial charge in [0.05, 0.1) is 0 Å². The smallest absolute Gasteiger partial charge is 0.306 e. The molecule has 1 amide bonds. The Labute approximate surface area is 148 Å². The number of hydrogen-bond acceptors (Lipinski definition) is 3. The standard InChI is InChI=1S/C18H17BrFNO3/c1-12(18(23)21-15-7-4-6-14(19)11-15)24-17(22)10-9-13-5-2-3-8-16(13)20/h2-8,11-12H,9-10H2,1H3,(H,21,23)/t12-/m0/s1. The highest BCUT2D eigenvalue weighted by molar-refractivity contribution is 9.10. The van der Waals surface area contributed by atoms with Crippen LogP contribution >= 0.6 is 15.9 Å². The SMILES string of the molecule is C[C@H](OC(=O)CCc1ccccc1F)C(=O)Nc1cccc(Br)c1. The summed E-state index contributed by atoms with van der Waals surface area (Å²) in [5.41, 5.74) is 1.05. The zero-order chi connectivity index (χ0) is 17.5. The van der Waals surface area contributed by atoms with Gasteiger partial charge in [-0.2, -0.15) is 0 Å². The lowest BCUT2D eigenvalue weighted by atomic mass is 10.1. The minimum Gasteiger partial charge on any atom is -0.453 e. The summed E-state index contributed by atoms with van der Waals surface area (Å²) < 4.78 is 19.4. The van der Waals surface area contributed by atoms with Crippen molar-refractivity contribution in [2.45, 2.75) is 25.9 Å². The van der Waals surface area contributed by atoms with Crippen molar-refractivity contribution in [3.63, 3.8) is 0 Å². The van der Waals surface area contributed by atoms with Crippen LogP contribution in [0.5, 0.6) is 0 Å². The molecule has 0 radical (unpaired) electrons. The minimum atomic E-state index is -0.933. The number of aryl methyl sites for hydroxylation is 1. The molecule has 2 aromatic rings. The van der Waals surface area contributed by atoms with Crippen LogP contribution < -0.4 is 5.32 Å². The summed E-state index contributed by atoms with van der Waals surface area (Å²) in [7, 11) is 0. The Balaban J connectivity index is 1.82. The number of anilines is 1. The largest absolute Gasteiger partial charge is 0.453 e. The fourth-order valence-corrected chi connectivity index (χ4v) is 2.46. The summed E-state index contributed by atoms with van der Waals surface area (Å²) in [4.78, 5) is 23.8. The summed E-state index contributed by atoms with van der Waals surface area (Å²) in [5, 5.41) is 2.66. The summed E-state index contributed by atoms with van der Waals surface area (Å²) in [5.74, 6) is -1.33. The first-order chi connectivity index (χ1) is 11.5. The van der Waals surface area contributed by atoms with Crippen molar-refractivity contribution in [2.75, 3.05) is 5.32 Å². The van der Waals surface area contributed by atoms with Gasteiger partial charge in [-0.3, -0.25) is 9.59 Å². The molecule has 6 heteroatoms. The molecule has 1 N–H and O–H groups in total. The molecule has 0 unspecified atom stereocenters. The van der Waals surface area contributed by atoms with Crippen molar-refractivity contribution in [2.24, 2.45) is 0 Å². The maximum Gasteiger partial charge on any atom is 0.306 e. The number of carbonyl (C=O) groups is 2. The second kappa shape index (κ2) is 8.59. The van der Waals surface area contributed by atoms with E-state index in [0.717, 1.165) is 4.47 Å². The number of carbonyl (C=O) groups excluding carboxylic acids is 2. The van der Waals surface area contributed by atoms with Crippen molar-refractivity contribution in [1.29, 1.82) is 0 Å². The van der Waals surface area contributed by atoms with Crippen LogP contribution in [0.2, 0.25) is 0 Å². The molecule has 4 nitrogen and oxygen atoms in total. The second-order valence-corrected chi connectivity index (χ2v) is 6.14. The average molecular weight is 394 g/mol. The van der Waals surface area contributed by atoms with Gasteiger partial charge in [-0.15, -0.1) is 0 Å². The van der Waals surface area contributed by atoms with E-state index in [-0.39, 0.29) is 18.7 Å². The first-order valence-corrected chi connectivity index (χ1v) is 8.24. The Morgan fingerprint density at radius 1 is 1.21 bits per heavy atom. The minimum absolute atomic E-state index is 0.00936. The van der Waals surface area contributed by atoms with Crippen LogP contribution in [0.3, 0.4) is 0 Å². The molecular formula is C18H17BrFNO3. The predicted octanol–water partition coefficient (Wildman–Crippen LogP) is 4.09. The molecule has 24 heavy (non-hydrogen) atoms. The molecule has 2 aromatic carbocycles. The van der Waals surface area contributed by atoms with E-state index < -0.39 is 18.0 Å². The highest BCUT2D eigenvalue weighted by Gasteiger charge is 2.18. The van der Waals surface area contributed by atoms with Gasteiger partial charge in [0.15, 0.2) is 6.10 Å². The first kappa shape index (κ1) is 18.1. The predicted molar refractivity (Wildman–Crippen MR) is 93.0 cm³/mol. The molecule has 0 spiro atoms. The summed E-state index contributed by atoms with van der Waals surface area (Å²) in [6, 6.07) is 13.3. The molecule has 1 atom stereocenters. The molecule has 0 heterocycles. The topological polar surface area (TPSA) is 55.4 Å². The van der Waals surface area contributed by atoms with Crippen molar-refractivity contribution < 1.29 is 18.7 Å². The highest BCUT2D eigenvalue weighted by Crippen LogP contribution is 2.16. The molecular weight excluding hydrogens is 377 g/mol. The quantitative estimate of drug-likeness (QED) is 0.751. The van der Waals surface area contributed by atoms with Gasteiger partial charge in [0.25, 0.3) is 5.91 Å². The molecule has 0 aliphatic rings. The van der Waals surface area contributed by atoms with Gasteiger partial charge in [0, 0.05) is 16.6 Å². The van der Waals surface area contributed by atoms with E-state index >= 15 is 0 Å². The van der Waals surface area contributed by atoms with Gasteiger partial charge < -0.3 is 10.1 Å². The fraction of sp³-hybridized carbons (Fsp3) is 0.222.